The van der Waals surface area contributed by atoms with Gasteiger partial charge in [0.2, 0.25) is 10.0 Å². The molecule has 0 bridgehead atoms. The van der Waals surface area contributed by atoms with Crippen LogP contribution in [-0.4, -0.2) is 59.2 Å². The number of nitrogens with two attached hydrogens (primary N) is 1. The van der Waals surface area contributed by atoms with Gasteiger partial charge in [0.05, 0.1) is 23.3 Å². The summed E-state index contributed by atoms with van der Waals surface area (Å²) in [6, 6.07) is 7.26. The molecule has 0 spiro atoms. The molecule has 10 nitrogen and oxygen atoms in total. The molecular weight excluding hydrogens is 394 g/mol. The van der Waals surface area contributed by atoms with Gasteiger partial charge in [0.1, 0.15) is 11.3 Å². The number of amides is 2. The summed E-state index contributed by atoms with van der Waals surface area (Å²) in [5.41, 5.74) is 8.22. The number of carbonyl (C=O) groups is 1. The van der Waals surface area contributed by atoms with Gasteiger partial charge in [0, 0.05) is 32.1 Å². The summed E-state index contributed by atoms with van der Waals surface area (Å²) in [4.78, 5) is 20.7. The number of sulfonamides is 1. The summed E-state index contributed by atoms with van der Waals surface area (Å²) >= 11 is 0. The molecule has 0 radical (unpaired) electrons. The lowest BCUT2D eigenvalue weighted by atomic mass is 10.2. The zero-order valence-corrected chi connectivity index (χ0v) is 16.9. The molecule has 4 rings (SSSR count). The van der Waals surface area contributed by atoms with E-state index in [-0.39, 0.29) is 18.3 Å². The maximum atomic E-state index is 12.2. The summed E-state index contributed by atoms with van der Waals surface area (Å²) in [6.45, 7) is 1.42. The highest BCUT2D eigenvalue weighted by molar-refractivity contribution is 7.89. The van der Waals surface area contributed by atoms with Crippen LogP contribution in [0.5, 0.6) is 0 Å². The number of benzene rings is 1. The minimum absolute atomic E-state index is 0.175. The molecule has 0 unspecified atom stereocenters. The van der Waals surface area contributed by atoms with Crippen molar-refractivity contribution in [2.45, 2.75) is 19.5 Å². The van der Waals surface area contributed by atoms with Gasteiger partial charge in [0.15, 0.2) is 5.82 Å². The lowest BCUT2D eigenvalue weighted by molar-refractivity contribution is 0.242. The molecule has 4 N–H and O–H groups in total. The number of hydrogen-bond donors (Lipinski definition) is 3. The third kappa shape index (κ3) is 3.58. The Morgan fingerprint density at radius 3 is 2.76 bits per heavy atom. The van der Waals surface area contributed by atoms with Gasteiger partial charge in [-0.15, -0.1) is 0 Å². The standard InChI is InChI=1S/C18H23N7O3S/c1-20-18(26)21-11-14-23-15-16(12-5-2-3-6-13(12)22-17(15)19)25(14)9-8-24-7-4-10-29(24,27)28/h2-3,5-6H,4,7-11H2,1H3,(H2,19,22)(H2,20,21,26). The summed E-state index contributed by atoms with van der Waals surface area (Å²) < 4.78 is 27.8. The van der Waals surface area contributed by atoms with Crippen molar-refractivity contribution in [3.05, 3.63) is 30.1 Å². The normalized spacial score (nSPS) is 16.4. The third-order valence-electron chi connectivity index (χ3n) is 5.10. The number of nitrogens with one attached hydrogen (secondary N) is 2. The quantitative estimate of drug-likeness (QED) is 0.557. The topological polar surface area (TPSA) is 135 Å². The minimum atomic E-state index is -3.20. The van der Waals surface area contributed by atoms with Crippen molar-refractivity contribution < 1.29 is 13.2 Å². The van der Waals surface area contributed by atoms with Gasteiger partial charge in [-0.25, -0.2) is 27.5 Å². The predicted octanol–water partition coefficient (Wildman–Crippen LogP) is 0.631. The van der Waals surface area contributed by atoms with Gasteiger partial charge in [-0.3, -0.25) is 0 Å². The number of fused-ring (bicyclic) bond motifs is 3. The Labute approximate surface area is 168 Å². The van der Waals surface area contributed by atoms with Gasteiger partial charge < -0.3 is 20.9 Å². The predicted molar refractivity (Wildman–Crippen MR) is 111 cm³/mol. The number of imidazole rings is 1. The zero-order valence-electron chi connectivity index (χ0n) is 16.1. The summed E-state index contributed by atoms with van der Waals surface area (Å²) in [5.74, 6) is 1.07. The second-order valence-electron chi connectivity index (χ2n) is 6.89. The molecule has 154 valence electrons. The summed E-state index contributed by atoms with van der Waals surface area (Å²) in [7, 11) is -1.67. The highest BCUT2D eigenvalue weighted by Crippen LogP contribution is 2.29. The lowest BCUT2D eigenvalue weighted by Crippen LogP contribution is -2.34. The van der Waals surface area contributed by atoms with E-state index in [2.05, 4.69) is 20.6 Å². The van der Waals surface area contributed by atoms with E-state index in [1.165, 1.54) is 11.4 Å². The molecule has 0 atom stereocenters. The largest absolute Gasteiger partial charge is 0.382 e. The highest BCUT2D eigenvalue weighted by Gasteiger charge is 2.28. The van der Waals surface area contributed by atoms with Crippen LogP contribution in [0, 0.1) is 0 Å². The first-order valence-electron chi connectivity index (χ1n) is 9.37. The molecule has 29 heavy (non-hydrogen) atoms. The van der Waals surface area contributed by atoms with Gasteiger partial charge in [-0.1, -0.05) is 18.2 Å². The number of hydrogen-bond acceptors (Lipinski definition) is 6. The molecular formula is C18H23N7O3S. The van der Waals surface area contributed by atoms with Crippen LogP contribution < -0.4 is 16.4 Å². The number of nitrogen functional groups attached to an aromatic ring is 1. The van der Waals surface area contributed by atoms with Gasteiger partial charge >= 0.3 is 6.03 Å². The molecule has 0 saturated carbocycles. The second-order valence-corrected chi connectivity index (χ2v) is 8.98. The van der Waals surface area contributed by atoms with Crippen molar-refractivity contribution in [1.29, 1.82) is 0 Å². The first-order valence-corrected chi connectivity index (χ1v) is 11.0. The Balaban J connectivity index is 1.80. The van der Waals surface area contributed by atoms with Crippen molar-refractivity contribution in [3.63, 3.8) is 0 Å². The summed E-state index contributed by atoms with van der Waals surface area (Å²) in [5, 5.41) is 6.12. The smallest absolute Gasteiger partial charge is 0.314 e. The van der Waals surface area contributed by atoms with Crippen LogP contribution in [0.15, 0.2) is 24.3 Å². The maximum Gasteiger partial charge on any atom is 0.314 e. The number of para-hydroxylation sites is 1. The van der Waals surface area contributed by atoms with Gasteiger partial charge in [-0.2, -0.15) is 0 Å². The first-order chi connectivity index (χ1) is 13.9. The van der Waals surface area contributed by atoms with E-state index in [1.807, 2.05) is 28.8 Å². The Morgan fingerprint density at radius 2 is 2.03 bits per heavy atom. The molecule has 1 fully saturated rings. The molecule has 11 heteroatoms. The van der Waals surface area contributed by atoms with Gasteiger partial charge in [0.25, 0.3) is 0 Å². The number of nitrogens with zero attached hydrogens (tertiary/aromatic N) is 4. The fraction of sp³-hybridized carbons (Fsp3) is 0.389. The number of carbonyl (C=O) groups excluding carboxylic acids is 1. The lowest BCUT2D eigenvalue weighted by Gasteiger charge is -2.17. The van der Waals surface area contributed by atoms with Crippen LogP contribution in [0.4, 0.5) is 10.6 Å². The van der Waals surface area contributed by atoms with Gasteiger partial charge in [-0.05, 0) is 12.5 Å². The van der Waals surface area contributed by atoms with Crippen LogP contribution in [0.25, 0.3) is 21.9 Å². The van der Waals surface area contributed by atoms with Crippen LogP contribution in [0.1, 0.15) is 12.2 Å². The molecule has 2 aromatic heterocycles. The van der Waals surface area contributed by atoms with E-state index in [0.29, 0.717) is 43.2 Å². The Bertz CT molecular complexity index is 1190. The number of aromatic nitrogens is 3. The van der Waals surface area contributed by atoms with E-state index >= 15 is 0 Å². The minimum Gasteiger partial charge on any atom is -0.382 e. The molecule has 0 aliphatic carbocycles. The SMILES string of the molecule is CNC(=O)NCc1nc2c(N)nc3ccccc3c2n1CCN1CCCS1(=O)=O. The number of rotatable bonds is 5. The van der Waals surface area contributed by atoms with E-state index in [4.69, 9.17) is 5.73 Å². The van der Waals surface area contributed by atoms with Crippen LogP contribution in [-0.2, 0) is 23.1 Å². The van der Waals surface area contributed by atoms with Crippen LogP contribution in [0.3, 0.4) is 0 Å². The fourth-order valence-electron chi connectivity index (χ4n) is 3.68. The van der Waals surface area contributed by atoms with E-state index in [9.17, 15) is 13.2 Å². The first kappa shape index (κ1) is 19.4. The van der Waals surface area contributed by atoms with E-state index in [0.717, 1.165) is 16.4 Å². The fourth-order valence-corrected chi connectivity index (χ4v) is 5.20. The molecule has 1 aromatic carbocycles. The van der Waals surface area contributed by atoms with Crippen LogP contribution >= 0.6 is 0 Å². The number of pyridine rings is 1. The molecule has 1 aliphatic rings. The Kier molecular flexibility index (Phi) is 5.01. The monoisotopic (exact) mass is 417 g/mol. The number of anilines is 1. The molecule has 3 heterocycles. The van der Waals surface area contributed by atoms with Crippen molar-refractivity contribution >= 4 is 43.8 Å². The van der Waals surface area contributed by atoms with Crippen molar-refractivity contribution in [3.8, 4) is 0 Å². The third-order valence-corrected chi connectivity index (χ3v) is 7.06. The molecule has 1 saturated heterocycles. The Morgan fingerprint density at radius 1 is 1.24 bits per heavy atom. The van der Waals surface area contributed by atoms with Crippen molar-refractivity contribution in [1.82, 2.24) is 29.5 Å². The second kappa shape index (κ2) is 7.48. The van der Waals surface area contributed by atoms with Crippen molar-refractivity contribution in [2.24, 2.45) is 0 Å². The van der Waals surface area contributed by atoms with Crippen molar-refractivity contribution in [2.75, 3.05) is 31.6 Å². The summed E-state index contributed by atoms with van der Waals surface area (Å²) in [6.07, 6.45) is 0.637. The molecule has 1 aliphatic heterocycles. The number of urea groups is 1. The molecule has 3 aromatic rings. The highest BCUT2D eigenvalue weighted by atomic mass is 32.2. The maximum absolute atomic E-state index is 12.2. The van der Waals surface area contributed by atoms with E-state index < -0.39 is 10.0 Å². The average Bonchev–Trinajstić information content (AvgIpc) is 3.24. The average molecular weight is 417 g/mol. The van der Waals surface area contributed by atoms with Crippen LogP contribution in [0.2, 0.25) is 0 Å². The zero-order chi connectivity index (χ0) is 20.6. The van der Waals surface area contributed by atoms with E-state index in [1.54, 1.807) is 0 Å². The molecule has 2 amide bonds. The Hall–Kier alpha value is -2.92.